The predicted octanol–water partition coefficient (Wildman–Crippen LogP) is 2.26. The van der Waals surface area contributed by atoms with Gasteiger partial charge in [0.15, 0.2) is 0 Å². The van der Waals surface area contributed by atoms with E-state index in [1.54, 1.807) is 6.07 Å². The van der Waals surface area contributed by atoms with Gasteiger partial charge in [0, 0.05) is 22.7 Å². The molecule has 0 aliphatic rings. The van der Waals surface area contributed by atoms with Crippen LogP contribution < -0.4 is 5.32 Å². The summed E-state index contributed by atoms with van der Waals surface area (Å²) in [4.78, 5) is 11.8. The van der Waals surface area contributed by atoms with E-state index in [1.807, 2.05) is 26.0 Å². The molecule has 1 aromatic rings. The van der Waals surface area contributed by atoms with Crippen molar-refractivity contribution in [2.45, 2.75) is 26.3 Å². The van der Waals surface area contributed by atoms with Gasteiger partial charge in [0.25, 0.3) is 5.91 Å². The molecule has 1 rings (SSSR count). The number of aliphatic hydroxyl groups is 1. The topological polar surface area (TPSA) is 49.3 Å². The molecule has 1 aromatic carbocycles. The first-order valence-electron chi connectivity index (χ1n) is 5.22. The van der Waals surface area contributed by atoms with Crippen LogP contribution in [0, 0.1) is 6.92 Å². The number of aliphatic hydroxyl groups excluding tert-OH is 1. The Morgan fingerprint density at radius 2 is 2.19 bits per heavy atom. The van der Waals surface area contributed by atoms with Crippen molar-refractivity contribution >= 4 is 21.8 Å². The second-order valence-corrected chi connectivity index (χ2v) is 4.82. The van der Waals surface area contributed by atoms with E-state index in [-0.39, 0.29) is 18.6 Å². The highest BCUT2D eigenvalue weighted by molar-refractivity contribution is 9.10. The molecule has 0 saturated heterocycles. The molecular formula is C12H16BrNO2. The number of hydrogen-bond acceptors (Lipinski definition) is 2. The van der Waals surface area contributed by atoms with Gasteiger partial charge in [-0.1, -0.05) is 15.9 Å². The lowest BCUT2D eigenvalue weighted by Crippen LogP contribution is -2.33. The van der Waals surface area contributed by atoms with E-state index in [0.717, 1.165) is 10.0 Å². The molecule has 1 atom stereocenters. The zero-order chi connectivity index (χ0) is 12.1. The van der Waals surface area contributed by atoms with E-state index < -0.39 is 0 Å². The van der Waals surface area contributed by atoms with Crippen LogP contribution in [0.1, 0.15) is 29.3 Å². The van der Waals surface area contributed by atoms with E-state index in [9.17, 15) is 4.79 Å². The van der Waals surface area contributed by atoms with Crippen LogP contribution in [-0.4, -0.2) is 23.7 Å². The Morgan fingerprint density at radius 1 is 1.50 bits per heavy atom. The van der Waals surface area contributed by atoms with Crippen LogP contribution in [0.3, 0.4) is 0 Å². The molecule has 0 radical (unpaired) electrons. The molecular weight excluding hydrogens is 270 g/mol. The fraction of sp³-hybridized carbons (Fsp3) is 0.417. The quantitative estimate of drug-likeness (QED) is 0.892. The molecule has 0 aromatic heterocycles. The average molecular weight is 286 g/mol. The third-order valence-corrected chi connectivity index (χ3v) is 2.70. The van der Waals surface area contributed by atoms with Crippen molar-refractivity contribution in [3.8, 4) is 0 Å². The molecule has 0 aliphatic heterocycles. The molecule has 0 fully saturated rings. The lowest BCUT2D eigenvalue weighted by Gasteiger charge is -2.12. The maximum Gasteiger partial charge on any atom is 0.251 e. The van der Waals surface area contributed by atoms with Crippen LogP contribution in [0.15, 0.2) is 22.7 Å². The smallest absolute Gasteiger partial charge is 0.251 e. The van der Waals surface area contributed by atoms with E-state index in [0.29, 0.717) is 12.0 Å². The fourth-order valence-corrected chi connectivity index (χ4v) is 2.05. The largest absolute Gasteiger partial charge is 0.396 e. The van der Waals surface area contributed by atoms with E-state index in [2.05, 4.69) is 21.2 Å². The van der Waals surface area contributed by atoms with Gasteiger partial charge in [0.2, 0.25) is 0 Å². The zero-order valence-corrected chi connectivity index (χ0v) is 11.0. The number of amides is 1. The van der Waals surface area contributed by atoms with E-state index in [4.69, 9.17) is 5.11 Å². The first-order chi connectivity index (χ1) is 7.52. The molecule has 2 N–H and O–H groups in total. The van der Waals surface area contributed by atoms with E-state index >= 15 is 0 Å². The molecule has 0 aliphatic carbocycles. The van der Waals surface area contributed by atoms with Crippen molar-refractivity contribution in [3.63, 3.8) is 0 Å². The third kappa shape index (κ3) is 3.94. The molecule has 1 amide bonds. The molecule has 4 heteroatoms. The molecule has 16 heavy (non-hydrogen) atoms. The summed E-state index contributed by atoms with van der Waals surface area (Å²) in [6.07, 6.45) is 0.568. The Balaban J connectivity index is 2.72. The summed E-state index contributed by atoms with van der Waals surface area (Å²) >= 11 is 3.36. The predicted molar refractivity (Wildman–Crippen MR) is 67.5 cm³/mol. The molecule has 3 nitrogen and oxygen atoms in total. The summed E-state index contributed by atoms with van der Waals surface area (Å²) in [5, 5.41) is 11.6. The van der Waals surface area contributed by atoms with Crippen LogP contribution in [-0.2, 0) is 0 Å². The van der Waals surface area contributed by atoms with Crippen molar-refractivity contribution in [3.05, 3.63) is 33.8 Å². The minimum absolute atomic E-state index is 0.0169. The van der Waals surface area contributed by atoms with E-state index in [1.165, 1.54) is 0 Å². The highest BCUT2D eigenvalue weighted by atomic mass is 79.9. The lowest BCUT2D eigenvalue weighted by atomic mass is 10.1. The number of aryl methyl sites for hydroxylation is 1. The Labute approximate surface area is 104 Å². The van der Waals surface area contributed by atoms with Gasteiger partial charge in [0.05, 0.1) is 0 Å². The average Bonchev–Trinajstić information content (AvgIpc) is 2.16. The van der Waals surface area contributed by atoms with Gasteiger partial charge in [0.1, 0.15) is 0 Å². The Hall–Kier alpha value is -0.870. The summed E-state index contributed by atoms with van der Waals surface area (Å²) in [5.41, 5.74) is 1.67. The Kier molecular flexibility index (Phi) is 4.96. The number of carbonyl (C=O) groups is 1. The van der Waals surface area contributed by atoms with Gasteiger partial charge in [-0.25, -0.2) is 0 Å². The van der Waals surface area contributed by atoms with Crippen LogP contribution >= 0.6 is 15.9 Å². The van der Waals surface area contributed by atoms with Crippen molar-refractivity contribution in [2.24, 2.45) is 0 Å². The molecule has 0 heterocycles. The standard InChI is InChI=1S/C12H16BrNO2/c1-8-5-10(7-11(13)6-8)12(16)14-9(2)3-4-15/h5-7,9,15H,3-4H2,1-2H3,(H,14,16)/t9-/m0/s1. The van der Waals surface area contributed by atoms with Gasteiger partial charge < -0.3 is 10.4 Å². The monoisotopic (exact) mass is 285 g/mol. The zero-order valence-electron chi connectivity index (χ0n) is 9.46. The third-order valence-electron chi connectivity index (χ3n) is 2.24. The number of halogens is 1. The summed E-state index contributed by atoms with van der Waals surface area (Å²) < 4.78 is 0.896. The maximum absolute atomic E-state index is 11.8. The van der Waals surface area contributed by atoms with Crippen molar-refractivity contribution in [1.29, 1.82) is 0 Å². The Morgan fingerprint density at radius 3 is 2.75 bits per heavy atom. The van der Waals surface area contributed by atoms with Gasteiger partial charge in [-0.15, -0.1) is 0 Å². The van der Waals surface area contributed by atoms with Crippen LogP contribution in [0.25, 0.3) is 0 Å². The normalized spacial score (nSPS) is 12.2. The number of rotatable bonds is 4. The highest BCUT2D eigenvalue weighted by Gasteiger charge is 2.10. The van der Waals surface area contributed by atoms with Gasteiger partial charge in [-0.05, 0) is 44.0 Å². The minimum atomic E-state index is -0.106. The van der Waals surface area contributed by atoms with Gasteiger partial charge in [-0.2, -0.15) is 0 Å². The minimum Gasteiger partial charge on any atom is -0.396 e. The summed E-state index contributed by atoms with van der Waals surface area (Å²) in [6, 6.07) is 5.56. The second kappa shape index (κ2) is 6.01. The molecule has 88 valence electrons. The summed E-state index contributed by atoms with van der Waals surface area (Å²) in [5.74, 6) is -0.106. The lowest BCUT2D eigenvalue weighted by molar-refractivity contribution is 0.0934. The number of hydrogen-bond donors (Lipinski definition) is 2. The van der Waals surface area contributed by atoms with Crippen molar-refractivity contribution < 1.29 is 9.90 Å². The highest BCUT2D eigenvalue weighted by Crippen LogP contribution is 2.15. The number of nitrogens with one attached hydrogen (secondary N) is 1. The fourth-order valence-electron chi connectivity index (χ4n) is 1.44. The first kappa shape index (κ1) is 13.2. The summed E-state index contributed by atoms with van der Waals surface area (Å²) in [7, 11) is 0. The van der Waals surface area contributed by atoms with Crippen molar-refractivity contribution in [1.82, 2.24) is 5.32 Å². The van der Waals surface area contributed by atoms with Crippen LogP contribution in [0.4, 0.5) is 0 Å². The first-order valence-corrected chi connectivity index (χ1v) is 6.01. The van der Waals surface area contributed by atoms with Gasteiger partial charge >= 0.3 is 0 Å². The molecule has 0 spiro atoms. The Bertz CT molecular complexity index is 359. The summed E-state index contributed by atoms with van der Waals surface area (Å²) in [6.45, 7) is 3.90. The number of benzene rings is 1. The van der Waals surface area contributed by atoms with Crippen LogP contribution in [0.2, 0.25) is 0 Å². The van der Waals surface area contributed by atoms with Crippen molar-refractivity contribution in [2.75, 3.05) is 6.61 Å². The molecule has 0 unspecified atom stereocenters. The SMILES string of the molecule is Cc1cc(Br)cc(C(=O)N[C@@H](C)CCO)c1. The van der Waals surface area contributed by atoms with Crippen LogP contribution in [0.5, 0.6) is 0 Å². The maximum atomic E-state index is 11.8. The number of carbonyl (C=O) groups excluding carboxylic acids is 1. The second-order valence-electron chi connectivity index (χ2n) is 3.90. The van der Waals surface area contributed by atoms with Gasteiger partial charge in [-0.3, -0.25) is 4.79 Å². The molecule has 0 saturated carbocycles. The molecule has 0 bridgehead atoms.